The molecular formula is C18H23F2N3O. The monoisotopic (exact) mass is 335 g/mol. The third-order valence-electron chi connectivity index (χ3n) is 5.10. The molecular weight excluding hydrogens is 312 g/mol. The Balaban J connectivity index is 1.64. The van der Waals surface area contributed by atoms with Crippen molar-refractivity contribution in [2.75, 3.05) is 13.1 Å². The molecule has 0 saturated carbocycles. The van der Waals surface area contributed by atoms with Crippen molar-refractivity contribution in [1.29, 1.82) is 0 Å². The summed E-state index contributed by atoms with van der Waals surface area (Å²) in [7, 11) is 1.87. The number of nitrogens with zero attached hydrogens (tertiary/aromatic N) is 3. The lowest BCUT2D eigenvalue weighted by atomic mass is 9.89. The molecule has 0 bridgehead atoms. The lowest BCUT2D eigenvalue weighted by molar-refractivity contribution is 0.0401. The maximum Gasteiger partial charge on any atom is 0.137 e. The van der Waals surface area contributed by atoms with Crippen LogP contribution in [0, 0.1) is 17.6 Å². The fraction of sp³-hybridized carbons (Fsp3) is 0.500. The van der Waals surface area contributed by atoms with Gasteiger partial charge in [0, 0.05) is 31.0 Å². The maximum absolute atomic E-state index is 14.0. The largest absolute Gasteiger partial charge is 0.385 e. The molecule has 0 radical (unpaired) electrons. The van der Waals surface area contributed by atoms with Crippen molar-refractivity contribution < 1.29 is 13.9 Å². The molecule has 6 heteroatoms. The van der Waals surface area contributed by atoms with Crippen molar-refractivity contribution >= 4 is 0 Å². The molecule has 2 unspecified atom stereocenters. The van der Waals surface area contributed by atoms with Crippen LogP contribution in [0.25, 0.3) is 0 Å². The summed E-state index contributed by atoms with van der Waals surface area (Å²) in [5.41, 5.74) is 0.387. The van der Waals surface area contributed by atoms with Crippen LogP contribution in [0.15, 0.2) is 30.6 Å². The second-order valence-electron chi connectivity index (χ2n) is 6.56. The van der Waals surface area contributed by atoms with Gasteiger partial charge in [-0.1, -0.05) is 0 Å². The Morgan fingerprint density at radius 1 is 1.25 bits per heavy atom. The zero-order valence-corrected chi connectivity index (χ0v) is 14.0. The molecule has 3 rings (SSSR count). The number of benzene rings is 1. The van der Waals surface area contributed by atoms with E-state index in [0.29, 0.717) is 11.4 Å². The zero-order valence-electron chi connectivity index (χ0n) is 14.0. The SMILES string of the molecule is CC(c1cc(F)ccc1F)N1CCC(C(O)c2nccn2C)CC1. The third-order valence-corrected chi connectivity index (χ3v) is 5.10. The van der Waals surface area contributed by atoms with Gasteiger partial charge in [-0.05, 0) is 57.0 Å². The second kappa shape index (κ2) is 6.99. The van der Waals surface area contributed by atoms with Gasteiger partial charge in [-0.15, -0.1) is 0 Å². The van der Waals surface area contributed by atoms with Gasteiger partial charge in [0.05, 0.1) is 0 Å². The van der Waals surface area contributed by atoms with Gasteiger partial charge in [0.25, 0.3) is 0 Å². The van der Waals surface area contributed by atoms with Gasteiger partial charge in [0.15, 0.2) is 0 Å². The summed E-state index contributed by atoms with van der Waals surface area (Å²) in [4.78, 5) is 6.36. The Morgan fingerprint density at radius 2 is 1.96 bits per heavy atom. The van der Waals surface area contributed by atoms with E-state index in [1.165, 1.54) is 12.1 Å². The van der Waals surface area contributed by atoms with Crippen molar-refractivity contribution in [2.45, 2.75) is 31.9 Å². The van der Waals surface area contributed by atoms with Crippen LogP contribution in [-0.2, 0) is 7.05 Å². The molecule has 1 aromatic heterocycles. The lowest BCUT2D eigenvalue weighted by Gasteiger charge is -2.37. The molecule has 1 N–H and O–H groups in total. The predicted molar refractivity (Wildman–Crippen MR) is 87.2 cm³/mol. The number of aliphatic hydroxyl groups excluding tert-OH is 1. The van der Waals surface area contributed by atoms with Crippen LogP contribution in [0.4, 0.5) is 8.78 Å². The van der Waals surface area contributed by atoms with Crippen LogP contribution < -0.4 is 0 Å². The highest BCUT2D eigenvalue weighted by atomic mass is 19.1. The average molecular weight is 335 g/mol. The highest BCUT2D eigenvalue weighted by molar-refractivity contribution is 5.22. The van der Waals surface area contributed by atoms with Crippen LogP contribution in [0.5, 0.6) is 0 Å². The molecule has 24 heavy (non-hydrogen) atoms. The Bertz CT molecular complexity index is 695. The van der Waals surface area contributed by atoms with Gasteiger partial charge in [0.1, 0.15) is 23.6 Å². The summed E-state index contributed by atoms with van der Waals surface area (Å²) in [5, 5.41) is 10.5. The Hall–Kier alpha value is -1.79. The topological polar surface area (TPSA) is 41.3 Å². The van der Waals surface area contributed by atoms with E-state index in [9.17, 15) is 13.9 Å². The Labute approximate surface area is 140 Å². The number of halogens is 2. The van der Waals surface area contributed by atoms with Gasteiger partial charge in [-0.3, -0.25) is 4.90 Å². The Kier molecular flexibility index (Phi) is 4.96. The summed E-state index contributed by atoms with van der Waals surface area (Å²) in [6.07, 6.45) is 4.52. The summed E-state index contributed by atoms with van der Waals surface area (Å²) in [5.74, 6) is 0.0157. The van der Waals surface area contributed by atoms with Crippen molar-refractivity contribution in [3.05, 3.63) is 53.6 Å². The highest BCUT2D eigenvalue weighted by Crippen LogP contribution is 2.33. The first-order valence-corrected chi connectivity index (χ1v) is 8.31. The molecule has 2 atom stereocenters. The predicted octanol–water partition coefficient (Wildman–Crippen LogP) is 3.20. The fourth-order valence-electron chi connectivity index (χ4n) is 3.53. The number of likely N-dealkylation sites (tertiary alicyclic amines) is 1. The van der Waals surface area contributed by atoms with E-state index in [1.807, 2.05) is 24.7 Å². The molecule has 2 heterocycles. The third kappa shape index (κ3) is 3.35. The number of piperidine rings is 1. The number of aryl methyl sites for hydroxylation is 1. The van der Waals surface area contributed by atoms with Crippen molar-refractivity contribution in [1.82, 2.24) is 14.5 Å². The number of hydrogen-bond acceptors (Lipinski definition) is 3. The van der Waals surface area contributed by atoms with E-state index in [2.05, 4.69) is 9.88 Å². The molecule has 130 valence electrons. The molecule has 1 aliphatic rings. The number of rotatable bonds is 4. The van der Waals surface area contributed by atoms with Gasteiger partial charge in [0.2, 0.25) is 0 Å². The molecule has 1 saturated heterocycles. The van der Waals surface area contributed by atoms with E-state index >= 15 is 0 Å². The van der Waals surface area contributed by atoms with E-state index in [0.717, 1.165) is 32.0 Å². The van der Waals surface area contributed by atoms with E-state index in [-0.39, 0.29) is 17.8 Å². The zero-order chi connectivity index (χ0) is 17.3. The number of aliphatic hydroxyl groups is 1. The molecule has 1 fully saturated rings. The molecule has 1 aromatic carbocycles. The van der Waals surface area contributed by atoms with Gasteiger partial charge in [-0.25, -0.2) is 13.8 Å². The highest BCUT2D eigenvalue weighted by Gasteiger charge is 2.30. The molecule has 0 amide bonds. The van der Waals surface area contributed by atoms with Crippen molar-refractivity contribution in [2.24, 2.45) is 13.0 Å². The molecule has 0 spiro atoms. The summed E-state index contributed by atoms with van der Waals surface area (Å²) in [6, 6.07) is 3.40. The van der Waals surface area contributed by atoms with Gasteiger partial charge >= 0.3 is 0 Å². The average Bonchev–Trinajstić information content (AvgIpc) is 3.02. The van der Waals surface area contributed by atoms with Gasteiger partial charge in [-0.2, -0.15) is 0 Å². The van der Waals surface area contributed by atoms with Crippen LogP contribution in [0.2, 0.25) is 0 Å². The normalized spacial score (nSPS) is 19.4. The minimum atomic E-state index is -0.589. The fourth-order valence-corrected chi connectivity index (χ4v) is 3.53. The summed E-state index contributed by atoms with van der Waals surface area (Å²) in [6.45, 7) is 3.37. The number of aromatic nitrogens is 2. The number of hydrogen-bond donors (Lipinski definition) is 1. The lowest BCUT2D eigenvalue weighted by Crippen LogP contribution is -2.38. The van der Waals surface area contributed by atoms with Crippen LogP contribution in [-0.4, -0.2) is 32.6 Å². The van der Waals surface area contributed by atoms with Crippen LogP contribution in [0.1, 0.15) is 43.3 Å². The van der Waals surface area contributed by atoms with Gasteiger partial charge < -0.3 is 9.67 Å². The first-order valence-electron chi connectivity index (χ1n) is 8.31. The molecule has 4 nitrogen and oxygen atoms in total. The first kappa shape index (κ1) is 17.0. The standard InChI is InChI=1S/C18H23F2N3O/c1-12(15-11-14(19)3-4-16(15)20)23-8-5-13(6-9-23)17(24)18-21-7-10-22(18)2/h3-4,7,10-13,17,24H,5-6,8-9H2,1-2H3. The van der Waals surface area contributed by atoms with Crippen molar-refractivity contribution in [3.8, 4) is 0 Å². The smallest absolute Gasteiger partial charge is 0.137 e. The van der Waals surface area contributed by atoms with E-state index in [1.54, 1.807) is 6.20 Å². The van der Waals surface area contributed by atoms with Crippen LogP contribution in [0.3, 0.4) is 0 Å². The second-order valence-corrected chi connectivity index (χ2v) is 6.56. The van der Waals surface area contributed by atoms with E-state index in [4.69, 9.17) is 0 Å². The summed E-state index contributed by atoms with van der Waals surface area (Å²) >= 11 is 0. The quantitative estimate of drug-likeness (QED) is 0.933. The number of imidazole rings is 1. The first-order chi connectivity index (χ1) is 11.5. The Morgan fingerprint density at radius 3 is 2.58 bits per heavy atom. The minimum absolute atomic E-state index is 0.131. The maximum atomic E-state index is 14.0. The van der Waals surface area contributed by atoms with Crippen LogP contribution >= 0.6 is 0 Å². The molecule has 2 aromatic rings. The molecule has 1 aliphatic heterocycles. The summed E-state index contributed by atoms with van der Waals surface area (Å²) < 4.78 is 29.2. The van der Waals surface area contributed by atoms with E-state index < -0.39 is 11.9 Å². The van der Waals surface area contributed by atoms with Crippen molar-refractivity contribution in [3.63, 3.8) is 0 Å². The minimum Gasteiger partial charge on any atom is -0.385 e. The molecule has 0 aliphatic carbocycles.